The van der Waals surface area contributed by atoms with Crippen molar-refractivity contribution in [1.82, 2.24) is 10.6 Å². The fourth-order valence-electron chi connectivity index (χ4n) is 2.98. The molecule has 0 saturated carbocycles. The average molecular weight is 441 g/mol. The van der Waals surface area contributed by atoms with E-state index in [2.05, 4.69) is 27.0 Å². The van der Waals surface area contributed by atoms with Gasteiger partial charge in [-0.3, -0.25) is 9.79 Å². The van der Waals surface area contributed by atoms with E-state index in [-0.39, 0.29) is 11.8 Å². The van der Waals surface area contributed by atoms with Crippen LogP contribution in [0.25, 0.3) is 0 Å². The van der Waals surface area contributed by atoms with E-state index in [1.54, 1.807) is 7.05 Å². The van der Waals surface area contributed by atoms with Crippen LogP contribution in [0, 0.1) is 5.92 Å². The first kappa shape index (κ1) is 25.0. The van der Waals surface area contributed by atoms with Crippen LogP contribution < -0.4 is 25.4 Å². The Balaban J connectivity index is 1.82. The third-order valence-electron chi connectivity index (χ3n) is 4.74. The number of aliphatic imine (C=N–C) groups is 1. The van der Waals surface area contributed by atoms with Crippen LogP contribution in [0.3, 0.4) is 0 Å². The number of benzene rings is 2. The lowest BCUT2D eigenvalue weighted by molar-refractivity contribution is -0.118. The van der Waals surface area contributed by atoms with Gasteiger partial charge >= 0.3 is 0 Å². The number of amides is 1. The molecule has 0 radical (unpaired) electrons. The van der Waals surface area contributed by atoms with Crippen molar-refractivity contribution < 1.29 is 14.3 Å². The number of nitrogens with one attached hydrogen (secondary N) is 3. The van der Waals surface area contributed by atoms with Gasteiger partial charge in [0.05, 0.1) is 13.2 Å². The van der Waals surface area contributed by atoms with Crippen LogP contribution in [0.15, 0.2) is 47.5 Å². The molecular weight excluding hydrogens is 404 g/mol. The van der Waals surface area contributed by atoms with Gasteiger partial charge in [-0.1, -0.05) is 32.0 Å². The Bertz CT molecular complexity index is 879. The van der Waals surface area contributed by atoms with E-state index in [0.29, 0.717) is 19.8 Å². The number of carbonyl (C=O) groups is 1. The molecule has 0 bridgehead atoms. The zero-order chi connectivity index (χ0) is 23.3. The normalized spacial score (nSPS) is 11.2. The first-order valence-corrected chi connectivity index (χ1v) is 11.2. The quantitative estimate of drug-likeness (QED) is 0.364. The van der Waals surface area contributed by atoms with Gasteiger partial charge in [0.2, 0.25) is 5.91 Å². The maximum absolute atomic E-state index is 11.8. The van der Waals surface area contributed by atoms with Crippen molar-refractivity contribution in [3.05, 3.63) is 53.6 Å². The monoisotopic (exact) mass is 440 g/mol. The van der Waals surface area contributed by atoms with Gasteiger partial charge in [-0.15, -0.1) is 0 Å². The Morgan fingerprint density at radius 2 is 1.59 bits per heavy atom. The molecule has 0 unspecified atom stereocenters. The molecule has 0 fully saturated rings. The van der Waals surface area contributed by atoms with E-state index in [1.807, 2.05) is 64.1 Å². The van der Waals surface area contributed by atoms with Gasteiger partial charge in [-0.25, -0.2) is 0 Å². The molecular formula is C25H36N4O3. The van der Waals surface area contributed by atoms with Gasteiger partial charge in [0.1, 0.15) is 0 Å². The van der Waals surface area contributed by atoms with E-state index in [0.717, 1.165) is 41.7 Å². The Hall–Kier alpha value is -3.22. The zero-order valence-corrected chi connectivity index (χ0v) is 19.8. The fourth-order valence-corrected chi connectivity index (χ4v) is 2.98. The van der Waals surface area contributed by atoms with Crippen molar-refractivity contribution in [3.63, 3.8) is 0 Å². The minimum absolute atomic E-state index is 0.0152. The highest BCUT2D eigenvalue weighted by atomic mass is 16.5. The van der Waals surface area contributed by atoms with Crippen LogP contribution in [0.1, 0.15) is 38.8 Å². The molecule has 0 aliphatic carbocycles. The molecule has 2 rings (SSSR count). The molecule has 0 spiro atoms. The molecule has 0 heterocycles. The number of nitrogens with zero attached hydrogens (tertiary/aromatic N) is 1. The second-order valence-corrected chi connectivity index (χ2v) is 7.59. The SMILES string of the molecule is CCOc1ccc(CCNC(=NC)NCc2ccc(NC(=O)C(C)C)cc2)cc1OCC. The lowest BCUT2D eigenvalue weighted by atomic mass is 10.1. The molecule has 0 aromatic heterocycles. The van der Waals surface area contributed by atoms with Crippen LogP contribution in [-0.2, 0) is 17.8 Å². The molecule has 174 valence electrons. The molecule has 7 heteroatoms. The van der Waals surface area contributed by atoms with E-state index in [4.69, 9.17) is 9.47 Å². The van der Waals surface area contributed by atoms with E-state index in [9.17, 15) is 4.79 Å². The van der Waals surface area contributed by atoms with Crippen LogP contribution in [0.5, 0.6) is 11.5 Å². The number of guanidine groups is 1. The highest BCUT2D eigenvalue weighted by Crippen LogP contribution is 2.28. The smallest absolute Gasteiger partial charge is 0.226 e. The molecule has 2 aromatic rings. The van der Waals surface area contributed by atoms with Gasteiger partial charge in [0, 0.05) is 31.7 Å². The number of anilines is 1. The van der Waals surface area contributed by atoms with Crippen LogP contribution in [-0.4, -0.2) is 38.7 Å². The third-order valence-corrected chi connectivity index (χ3v) is 4.74. The maximum Gasteiger partial charge on any atom is 0.226 e. The summed E-state index contributed by atoms with van der Waals surface area (Å²) >= 11 is 0. The summed E-state index contributed by atoms with van der Waals surface area (Å²) in [5.41, 5.74) is 3.07. The summed E-state index contributed by atoms with van der Waals surface area (Å²) < 4.78 is 11.3. The van der Waals surface area contributed by atoms with Crippen molar-refractivity contribution in [1.29, 1.82) is 0 Å². The Kier molecular flexibility index (Phi) is 10.4. The molecule has 0 atom stereocenters. The molecule has 1 amide bonds. The minimum atomic E-state index is -0.0425. The number of hydrogen-bond acceptors (Lipinski definition) is 4. The molecule has 0 aliphatic rings. The molecule has 0 saturated heterocycles. The van der Waals surface area contributed by atoms with Crippen molar-refractivity contribution in [2.24, 2.45) is 10.9 Å². The van der Waals surface area contributed by atoms with Crippen LogP contribution in [0.2, 0.25) is 0 Å². The average Bonchev–Trinajstić information content (AvgIpc) is 2.79. The fraction of sp³-hybridized carbons (Fsp3) is 0.440. The first-order valence-electron chi connectivity index (χ1n) is 11.2. The number of carbonyl (C=O) groups excluding carboxylic acids is 1. The minimum Gasteiger partial charge on any atom is -0.490 e. The summed E-state index contributed by atoms with van der Waals surface area (Å²) in [5.74, 6) is 2.26. The Morgan fingerprint density at radius 3 is 2.22 bits per heavy atom. The Morgan fingerprint density at radius 1 is 0.938 bits per heavy atom. The van der Waals surface area contributed by atoms with Gasteiger partial charge in [0.15, 0.2) is 17.5 Å². The standard InChI is InChI=1S/C25H36N4O3/c1-6-31-22-13-10-19(16-23(22)32-7-2)14-15-27-25(26-5)28-17-20-8-11-21(12-9-20)29-24(30)18(3)4/h8-13,16,18H,6-7,14-15,17H2,1-5H3,(H,29,30)(H2,26,27,28). The highest BCUT2D eigenvalue weighted by molar-refractivity contribution is 5.92. The highest BCUT2D eigenvalue weighted by Gasteiger charge is 2.08. The summed E-state index contributed by atoms with van der Waals surface area (Å²) in [6.45, 7) is 10.3. The molecule has 3 N–H and O–H groups in total. The Labute approximate surface area is 191 Å². The summed E-state index contributed by atoms with van der Waals surface area (Å²) in [4.78, 5) is 16.1. The van der Waals surface area contributed by atoms with Crippen molar-refractivity contribution in [2.45, 2.75) is 40.7 Å². The lowest BCUT2D eigenvalue weighted by Crippen LogP contribution is -2.37. The summed E-state index contributed by atoms with van der Waals surface area (Å²) in [6, 6.07) is 13.9. The predicted octanol–water partition coefficient (Wildman–Crippen LogP) is 3.99. The lowest BCUT2D eigenvalue weighted by Gasteiger charge is -2.14. The topological polar surface area (TPSA) is 84.0 Å². The van der Waals surface area contributed by atoms with Gasteiger partial charge in [0.25, 0.3) is 0 Å². The second-order valence-electron chi connectivity index (χ2n) is 7.59. The van der Waals surface area contributed by atoms with E-state index >= 15 is 0 Å². The second kappa shape index (κ2) is 13.2. The summed E-state index contributed by atoms with van der Waals surface area (Å²) in [6.07, 6.45) is 0.831. The van der Waals surface area contributed by atoms with E-state index in [1.165, 1.54) is 5.56 Å². The van der Waals surface area contributed by atoms with Crippen LogP contribution >= 0.6 is 0 Å². The predicted molar refractivity (Wildman–Crippen MR) is 131 cm³/mol. The molecule has 0 aliphatic heterocycles. The zero-order valence-electron chi connectivity index (χ0n) is 19.8. The summed E-state index contributed by atoms with van der Waals surface area (Å²) in [7, 11) is 1.75. The van der Waals surface area contributed by atoms with Crippen LogP contribution in [0.4, 0.5) is 5.69 Å². The third kappa shape index (κ3) is 8.13. The number of ether oxygens (including phenoxy) is 2. The van der Waals surface area contributed by atoms with Crippen molar-refractivity contribution >= 4 is 17.6 Å². The van der Waals surface area contributed by atoms with Crippen molar-refractivity contribution in [2.75, 3.05) is 32.1 Å². The largest absolute Gasteiger partial charge is 0.490 e. The van der Waals surface area contributed by atoms with Crippen molar-refractivity contribution in [3.8, 4) is 11.5 Å². The number of rotatable bonds is 11. The molecule has 2 aromatic carbocycles. The van der Waals surface area contributed by atoms with Gasteiger partial charge < -0.3 is 25.4 Å². The summed E-state index contributed by atoms with van der Waals surface area (Å²) in [5, 5.41) is 9.55. The molecule has 32 heavy (non-hydrogen) atoms. The number of hydrogen-bond donors (Lipinski definition) is 3. The van der Waals surface area contributed by atoms with Gasteiger partial charge in [-0.05, 0) is 55.7 Å². The van der Waals surface area contributed by atoms with E-state index < -0.39 is 0 Å². The molecule has 7 nitrogen and oxygen atoms in total. The maximum atomic E-state index is 11.8. The first-order chi connectivity index (χ1) is 15.5. The van der Waals surface area contributed by atoms with Gasteiger partial charge in [-0.2, -0.15) is 0 Å².